The van der Waals surface area contributed by atoms with Crippen LogP contribution in [0.3, 0.4) is 0 Å². The number of carbonyl (C=O) groups excluding carboxylic acids is 2. The van der Waals surface area contributed by atoms with Gasteiger partial charge in [0.1, 0.15) is 0 Å². The van der Waals surface area contributed by atoms with Crippen molar-refractivity contribution in [3.63, 3.8) is 0 Å². The number of nitrogens with one attached hydrogen (secondary N) is 2. The number of benzene rings is 3. The lowest BCUT2D eigenvalue weighted by Crippen LogP contribution is -2.32. The van der Waals surface area contributed by atoms with Crippen LogP contribution < -0.4 is 10.6 Å². The molecule has 2 amide bonds. The molecule has 0 aromatic heterocycles. The van der Waals surface area contributed by atoms with E-state index in [2.05, 4.69) is 10.6 Å². The Labute approximate surface area is 162 Å². The van der Waals surface area contributed by atoms with E-state index in [1.165, 1.54) is 11.8 Å². The molecule has 0 spiro atoms. The van der Waals surface area contributed by atoms with Gasteiger partial charge in [-0.15, -0.1) is 11.8 Å². The Morgan fingerprint density at radius 2 is 1.56 bits per heavy atom. The second kappa shape index (κ2) is 7.68. The number of hydrogen-bond acceptors (Lipinski definition) is 3. The Kier molecular flexibility index (Phi) is 4.94. The van der Waals surface area contributed by atoms with Crippen molar-refractivity contribution in [3.05, 3.63) is 78.9 Å². The third-order valence-electron chi connectivity index (χ3n) is 4.35. The van der Waals surface area contributed by atoms with E-state index in [1.807, 2.05) is 78.9 Å². The van der Waals surface area contributed by atoms with E-state index < -0.39 is 5.25 Å². The van der Waals surface area contributed by atoms with Crippen molar-refractivity contribution in [2.75, 3.05) is 10.6 Å². The fourth-order valence-corrected chi connectivity index (χ4v) is 4.09. The zero-order valence-electron chi connectivity index (χ0n) is 14.5. The molecular weight excluding hydrogens is 356 g/mol. The zero-order chi connectivity index (χ0) is 18.6. The van der Waals surface area contributed by atoms with Crippen molar-refractivity contribution >= 4 is 35.0 Å². The summed E-state index contributed by atoms with van der Waals surface area (Å²) < 4.78 is 0. The van der Waals surface area contributed by atoms with Crippen molar-refractivity contribution < 1.29 is 9.59 Å². The van der Waals surface area contributed by atoms with Crippen molar-refractivity contribution in [2.45, 2.75) is 16.6 Å². The van der Waals surface area contributed by atoms with Crippen LogP contribution in [-0.2, 0) is 9.59 Å². The number of fused-ring (bicyclic) bond motifs is 1. The molecule has 0 radical (unpaired) electrons. The van der Waals surface area contributed by atoms with Crippen LogP contribution in [0.25, 0.3) is 11.1 Å². The Hall–Kier alpha value is -3.05. The van der Waals surface area contributed by atoms with Crippen LogP contribution in [0.5, 0.6) is 0 Å². The molecule has 2 N–H and O–H groups in total. The molecule has 1 heterocycles. The number of hydrogen-bond donors (Lipinski definition) is 2. The highest BCUT2D eigenvalue weighted by Crippen LogP contribution is 2.36. The summed E-state index contributed by atoms with van der Waals surface area (Å²) in [4.78, 5) is 25.6. The first-order valence-corrected chi connectivity index (χ1v) is 9.59. The molecule has 1 atom stereocenters. The van der Waals surface area contributed by atoms with Crippen LogP contribution in [0.1, 0.15) is 6.42 Å². The van der Waals surface area contributed by atoms with Gasteiger partial charge in [0.05, 0.1) is 10.9 Å². The summed E-state index contributed by atoms with van der Waals surface area (Å²) in [5.74, 6) is -0.303. The summed E-state index contributed by atoms with van der Waals surface area (Å²) in [5.41, 5.74) is 3.75. The minimum Gasteiger partial charge on any atom is -0.326 e. The second-order valence-electron chi connectivity index (χ2n) is 6.29. The lowest BCUT2D eigenvalue weighted by Gasteiger charge is -2.23. The number of thioether (sulfide) groups is 1. The van der Waals surface area contributed by atoms with E-state index in [0.29, 0.717) is 0 Å². The van der Waals surface area contributed by atoms with Gasteiger partial charge in [-0.3, -0.25) is 9.59 Å². The molecular formula is C22H18N2O2S. The van der Waals surface area contributed by atoms with E-state index in [9.17, 15) is 9.59 Å². The van der Waals surface area contributed by atoms with E-state index in [1.54, 1.807) is 0 Å². The third kappa shape index (κ3) is 4.04. The minimum atomic E-state index is -0.427. The Morgan fingerprint density at radius 3 is 2.33 bits per heavy atom. The van der Waals surface area contributed by atoms with Gasteiger partial charge in [-0.1, -0.05) is 54.6 Å². The summed E-state index contributed by atoms with van der Waals surface area (Å²) in [6, 6.07) is 25.4. The van der Waals surface area contributed by atoms with Crippen molar-refractivity contribution in [3.8, 4) is 11.1 Å². The van der Waals surface area contributed by atoms with Crippen molar-refractivity contribution in [1.29, 1.82) is 0 Å². The summed E-state index contributed by atoms with van der Waals surface area (Å²) in [5, 5.41) is 5.32. The average Bonchev–Trinajstić information content (AvgIpc) is 2.70. The fraction of sp³-hybridized carbons (Fsp3) is 0.0909. The number of amides is 2. The maximum absolute atomic E-state index is 12.4. The largest absolute Gasteiger partial charge is 0.326 e. The molecule has 1 unspecified atom stereocenters. The first-order chi connectivity index (χ1) is 13.2. The molecule has 3 aromatic carbocycles. The van der Waals surface area contributed by atoms with Crippen molar-refractivity contribution in [2.24, 2.45) is 0 Å². The number of carbonyl (C=O) groups is 2. The molecule has 1 aliphatic heterocycles. The third-order valence-corrected chi connectivity index (χ3v) is 5.63. The minimum absolute atomic E-state index is 0.130. The van der Waals surface area contributed by atoms with Crippen LogP contribution in [0.2, 0.25) is 0 Å². The summed E-state index contributed by atoms with van der Waals surface area (Å²) in [7, 11) is 0. The van der Waals surface area contributed by atoms with E-state index >= 15 is 0 Å². The van der Waals surface area contributed by atoms with Gasteiger partial charge in [-0.2, -0.15) is 0 Å². The highest BCUT2D eigenvalue weighted by molar-refractivity contribution is 8.01. The van der Waals surface area contributed by atoms with Gasteiger partial charge in [0, 0.05) is 17.0 Å². The Bertz CT molecular complexity index is 971. The van der Waals surface area contributed by atoms with Crippen molar-refractivity contribution in [1.82, 2.24) is 0 Å². The maximum atomic E-state index is 12.4. The molecule has 0 aliphatic carbocycles. The molecule has 0 bridgehead atoms. The number of para-hydroxylation sites is 1. The molecule has 4 rings (SSSR count). The van der Waals surface area contributed by atoms with Gasteiger partial charge in [-0.25, -0.2) is 0 Å². The molecule has 3 aromatic rings. The molecule has 5 heteroatoms. The monoisotopic (exact) mass is 374 g/mol. The molecule has 4 nitrogen and oxygen atoms in total. The topological polar surface area (TPSA) is 58.2 Å². The van der Waals surface area contributed by atoms with E-state index in [0.717, 1.165) is 27.4 Å². The molecule has 0 saturated carbocycles. The standard InChI is InChI=1S/C22H18N2O2S/c25-21(14-20-22(26)24-18-8-4-5-9-19(18)27-20)23-17-12-10-16(11-13-17)15-6-2-1-3-7-15/h1-13,20H,14H2,(H,23,25)(H,24,26). The average molecular weight is 374 g/mol. The van der Waals surface area contributed by atoms with Gasteiger partial charge < -0.3 is 10.6 Å². The van der Waals surface area contributed by atoms with Crippen LogP contribution in [0.4, 0.5) is 11.4 Å². The fourth-order valence-electron chi connectivity index (χ4n) is 2.98. The quantitative estimate of drug-likeness (QED) is 0.690. The maximum Gasteiger partial charge on any atom is 0.238 e. The first kappa shape index (κ1) is 17.4. The smallest absolute Gasteiger partial charge is 0.238 e. The summed E-state index contributed by atoms with van der Waals surface area (Å²) in [6.07, 6.45) is 0.130. The summed E-state index contributed by atoms with van der Waals surface area (Å²) in [6.45, 7) is 0. The first-order valence-electron chi connectivity index (χ1n) is 8.71. The van der Waals surface area contributed by atoms with Gasteiger partial charge in [-0.05, 0) is 35.4 Å². The zero-order valence-corrected chi connectivity index (χ0v) is 15.3. The van der Waals surface area contributed by atoms with E-state index in [4.69, 9.17) is 0 Å². The van der Waals surface area contributed by atoms with Gasteiger partial charge in [0.15, 0.2) is 0 Å². The lowest BCUT2D eigenvalue weighted by molar-refractivity contribution is -0.120. The molecule has 1 aliphatic rings. The predicted octanol–water partition coefficient (Wildman–Crippen LogP) is 4.80. The molecule has 0 saturated heterocycles. The molecule has 134 valence electrons. The lowest BCUT2D eigenvalue weighted by atomic mass is 10.1. The highest BCUT2D eigenvalue weighted by Gasteiger charge is 2.28. The van der Waals surface area contributed by atoms with Gasteiger partial charge in [0.2, 0.25) is 11.8 Å². The second-order valence-corrected chi connectivity index (χ2v) is 7.53. The Balaban J connectivity index is 1.39. The summed E-state index contributed by atoms with van der Waals surface area (Å²) >= 11 is 1.43. The Morgan fingerprint density at radius 1 is 0.889 bits per heavy atom. The van der Waals surface area contributed by atoms with Crippen LogP contribution in [0, 0.1) is 0 Å². The number of anilines is 2. The molecule has 27 heavy (non-hydrogen) atoms. The normalized spacial score (nSPS) is 15.6. The van der Waals surface area contributed by atoms with Crippen LogP contribution >= 0.6 is 11.8 Å². The van der Waals surface area contributed by atoms with Crippen LogP contribution in [-0.4, -0.2) is 17.1 Å². The SMILES string of the molecule is O=C(CC1Sc2ccccc2NC1=O)Nc1ccc(-c2ccccc2)cc1. The highest BCUT2D eigenvalue weighted by atomic mass is 32.2. The van der Waals surface area contributed by atoms with Crippen LogP contribution in [0.15, 0.2) is 83.8 Å². The van der Waals surface area contributed by atoms with E-state index in [-0.39, 0.29) is 18.2 Å². The predicted molar refractivity (Wildman–Crippen MR) is 110 cm³/mol. The number of rotatable bonds is 4. The molecule has 0 fully saturated rings. The van der Waals surface area contributed by atoms with Gasteiger partial charge in [0.25, 0.3) is 0 Å². The van der Waals surface area contributed by atoms with Gasteiger partial charge >= 0.3 is 0 Å².